The van der Waals surface area contributed by atoms with Gasteiger partial charge in [-0.25, -0.2) is 9.59 Å². The van der Waals surface area contributed by atoms with Crippen LogP contribution in [0.2, 0.25) is 0 Å². The molecule has 1 aromatic carbocycles. The predicted octanol–water partition coefficient (Wildman–Crippen LogP) is 3.29. The van der Waals surface area contributed by atoms with Crippen molar-refractivity contribution in [2.24, 2.45) is 0 Å². The maximum atomic E-state index is 12.6. The van der Waals surface area contributed by atoms with Crippen molar-refractivity contribution >= 4 is 22.8 Å². The molecule has 0 saturated heterocycles. The van der Waals surface area contributed by atoms with E-state index < -0.39 is 17.5 Å². The minimum absolute atomic E-state index is 0.280. The molecule has 0 aliphatic carbocycles. The van der Waals surface area contributed by atoms with Crippen LogP contribution in [0.25, 0.3) is 10.9 Å². The first-order valence-corrected chi connectivity index (χ1v) is 7.78. The van der Waals surface area contributed by atoms with E-state index in [0.717, 1.165) is 16.5 Å². The number of rotatable bonds is 5. The van der Waals surface area contributed by atoms with Crippen LogP contribution in [0, 0.1) is 0 Å². The molecule has 0 aliphatic heterocycles. The van der Waals surface area contributed by atoms with E-state index in [9.17, 15) is 9.59 Å². The van der Waals surface area contributed by atoms with Crippen molar-refractivity contribution in [3.05, 3.63) is 35.5 Å². The van der Waals surface area contributed by atoms with Crippen LogP contribution in [-0.2, 0) is 26.2 Å². The van der Waals surface area contributed by atoms with E-state index in [2.05, 4.69) is 0 Å². The number of ether oxygens (including phenoxy) is 2. The Morgan fingerprint density at radius 3 is 2.39 bits per heavy atom. The smallest absolute Gasteiger partial charge is 0.355 e. The summed E-state index contributed by atoms with van der Waals surface area (Å²) in [7, 11) is 1.35. The van der Waals surface area contributed by atoms with Gasteiger partial charge in [-0.2, -0.15) is 0 Å². The number of aryl methyl sites for hydroxylation is 1. The number of methoxy groups -OCH3 is 1. The summed E-state index contributed by atoms with van der Waals surface area (Å²) in [6.45, 7) is 7.52. The van der Waals surface area contributed by atoms with Gasteiger partial charge in [-0.3, -0.25) is 0 Å². The molecule has 0 unspecified atom stereocenters. The number of nitrogens with zero attached hydrogens (tertiary/aromatic N) is 1. The second kappa shape index (κ2) is 6.44. The highest BCUT2D eigenvalue weighted by Gasteiger charge is 2.37. The molecule has 5 heteroatoms. The topological polar surface area (TPSA) is 57.5 Å². The molecule has 124 valence electrons. The Bertz CT molecular complexity index is 743. The standard InChI is InChI=1S/C18H23NO4/c1-6-12-13-10-8-9-11-14(13)19(15(12)16(20)23-7-2)18(3,4)17(21)22-5/h8-11H,6-7H2,1-5H3. The number of aromatic nitrogens is 1. The molecule has 0 N–H and O–H groups in total. The molecule has 0 bridgehead atoms. The summed E-state index contributed by atoms with van der Waals surface area (Å²) in [5.41, 5.74) is 1.11. The van der Waals surface area contributed by atoms with Gasteiger partial charge in [0.2, 0.25) is 0 Å². The quantitative estimate of drug-likeness (QED) is 0.794. The summed E-state index contributed by atoms with van der Waals surface area (Å²) < 4.78 is 11.9. The average Bonchev–Trinajstić information content (AvgIpc) is 2.89. The number of carbonyl (C=O) groups is 2. The Balaban J connectivity index is 2.87. The fraction of sp³-hybridized carbons (Fsp3) is 0.444. The molecule has 0 atom stereocenters. The van der Waals surface area contributed by atoms with Gasteiger partial charge in [0.25, 0.3) is 0 Å². The monoisotopic (exact) mass is 317 g/mol. The second-order valence-corrected chi connectivity index (χ2v) is 5.80. The lowest BCUT2D eigenvalue weighted by molar-refractivity contribution is -0.149. The fourth-order valence-corrected chi connectivity index (χ4v) is 3.00. The SMILES string of the molecule is CCOC(=O)c1c(CC)c2ccccc2n1C(C)(C)C(=O)OC. The van der Waals surface area contributed by atoms with Crippen molar-refractivity contribution in [3.8, 4) is 0 Å². The number of carbonyl (C=O) groups excluding carboxylic acids is 2. The van der Waals surface area contributed by atoms with Crippen LogP contribution in [0.1, 0.15) is 43.7 Å². The lowest BCUT2D eigenvalue weighted by Gasteiger charge is -2.27. The fourth-order valence-electron chi connectivity index (χ4n) is 3.00. The van der Waals surface area contributed by atoms with Gasteiger partial charge in [0.1, 0.15) is 11.2 Å². The third kappa shape index (κ3) is 2.71. The lowest BCUT2D eigenvalue weighted by atomic mass is 10.0. The van der Waals surface area contributed by atoms with Crippen LogP contribution < -0.4 is 0 Å². The molecule has 5 nitrogen and oxygen atoms in total. The van der Waals surface area contributed by atoms with Crippen molar-refractivity contribution in [1.82, 2.24) is 4.57 Å². The Morgan fingerprint density at radius 2 is 1.83 bits per heavy atom. The van der Waals surface area contributed by atoms with Crippen LogP contribution in [0.4, 0.5) is 0 Å². The highest BCUT2D eigenvalue weighted by molar-refractivity contribution is 6.00. The van der Waals surface area contributed by atoms with Gasteiger partial charge in [0, 0.05) is 5.39 Å². The van der Waals surface area contributed by atoms with Crippen molar-refractivity contribution in [2.45, 2.75) is 39.7 Å². The predicted molar refractivity (Wildman–Crippen MR) is 88.6 cm³/mol. The lowest BCUT2D eigenvalue weighted by Crippen LogP contribution is -2.39. The number of esters is 2. The zero-order valence-corrected chi connectivity index (χ0v) is 14.3. The number of fused-ring (bicyclic) bond motifs is 1. The zero-order chi connectivity index (χ0) is 17.2. The maximum absolute atomic E-state index is 12.6. The summed E-state index contributed by atoms with van der Waals surface area (Å²) in [4.78, 5) is 24.9. The molecule has 1 aromatic heterocycles. The summed E-state index contributed by atoms with van der Waals surface area (Å²) in [5.74, 6) is -0.830. The average molecular weight is 317 g/mol. The first kappa shape index (κ1) is 17.1. The molecular weight excluding hydrogens is 294 g/mol. The van der Waals surface area contributed by atoms with Crippen LogP contribution in [0.15, 0.2) is 24.3 Å². The molecule has 2 rings (SSSR count). The highest BCUT2D eigenvalue weighted by atomic mass is 16.5. The van der Waals surface area contributed by atoms with Gasteiger partial charge in [-0.15, -0.1) is 0 Å². The van der Waals surface area contributed by atoms with E-state index in [4.69, 9.17) is 9.47 Å². The van der Waals surface area contributed by atoms with Crippen LogP contribution >= 0.6 is 0 Å². The minimum Gasteiger partial charge on any atom is -0.467 e. The third-order valence-electron chi connectivity index (χ3n) is 4.05. The molecule has 0 saturated carbocycles. The van der Waals surface area contributed by atoms with E-state index in [0.29, 0.717) is 12.1 Å². The van der Waals surface area contributed by atoms with Crippen molar-refractivity contribution in [3.63, 3.8) is 0 Å². The summed E-state index contributed by atoms with van der Waals surface area (Å²) in [6, 6.07) is 7.68. The Morgan fingerprint density at radius 1 is 1.17 bits per heavy atom. The van der Waals surface area contributed by atoms with Crippen molar-refractivity contribution < 1.29 is 19.1 Å². The molecule has 0 aliphatic rings. The van der Waals surface area contributed by atoms with E-state index in [1.54, 1.807) is 25.3 Å². The molecule has 0 amide bonds. The number of hydrogen-bond acceptors (Lipinski definition) is 4. The van der Waals surface area contributed by atoms with E-state index in [-0.39, 0.29) is 6.61 Å². The first-order valence-electron chi connectivity index (χ1n) is 7.78. The van der Waals surface area contributed by atoms with Gasteiger partial charge < -0.3 is 14.0 Å². The molecular formula is C18H23NO4. The second-order valence-electron chi connectivity index (χ2n) is 5.80. The molecule has 0 radical (unpaired) electrons. The van der Waals surface area contributed by atoms with Crippen molar-refractivity contribution in [2.75, 3.05) is 13.7 Å². The van der Waals surface area contributed by atoms with Crippen molar-refractivity contribution in [1.29, 1.82) is 0 Å². The molecule has 0 fully saturated rings. The summed E-state index contributed by atoms with van der Waals surface area (Å²) in [5, 5.41) is 0.954. The summed E-state index contributed by atoms with van der Waals surface area (Å²) in [6.07, 6.45) is 0.666. The van der Waals surface area contributed by atoms with Crippen LogP contribution in [-0.4, -0.2) is 30.2 Å². The van der Waals surface area contributed by atoms with Crippen LogP contribution in [0.5, 0.6) is 0 Å². The molecule has 2 aromatic rings. The minimum atomic E-state index is -1.02. The zero-order valence-electron chi connectivity index (χ0n) is 14.3. The Hall–Kier alpha value is -2.30. The Kier molecular flexibility index (Phi) is 4.78. The van der Waals surface area contributed by atoms with E-state index in [1.165, 1.54) is 7.11 Å². The maximum Gasteiger partial charge on any atom is 0.355 e. The first-order chi connectivity index (χ1) is 10.9. The van der Waals surface area contributed by atoms with Gasteiger partial charge >= 0.3 is 11.9 Å². The van der Waals surface area contributed by atoms with E-state index >= 15 is 0 Å². The largest absolute Gasteiger partial charge is 0.467 e. The van der Waals surface area contributed by atoms with E-state index in [1.807, 2.05) is 31.2 Å². The third-order valence-corrected chi connectivity index (χ3v) is 4.05. The molecule has 0 spiro atoms. The van der Waals surface area contributed by atoms with Gasteiger partial charge in [0.05, 0.1) is 19.2 Å². The normalized spacial score (nSPS) is 11.5. The summed E-state index contributed by atoms with van der Waals surface area (Å²) >= 11 is 0. The molecule has 23 heavy (non-hydrogen) atoms. The number of hydrogen-bond donors (Lipinski definition) is 0. The molecule has 1 heterocycles. The Labute approximate surface area is 136 Å². The van der Waals surface area contributed by atoms with Crippen LogP contribution in [0.3, 0.4) is 0 Å². The van der Waals surface area contributed by atoms with Gasteiger partial charge in [0.15, 0.2) is 0 Å². The van der Waals surface area contributed by atoms with Gasteiger partial charge in [-0.05, 0) is 38.8 Å². The highest BCUT2D eigenvalue weighted by Crippen LogP contribution is 2.33. The van der Waals surface area contributed by atoms with Gasteiger partial charge in [-0.1, -0.05) is 25.1 Å². The number of benzene rings is 1. The number of para-hydroxylation sites is 1.